The molecule has 1 unspecified atom stereocenters. The highest BCUT2D eigenvalue weighted by molar-refractivity contribution is 5.12. The lowest BCUT2D eigenvalue weighted by atomic mass is 10.0. The van der Waals surface area contributed by atoms with Gasteiger partial charge in [0.25, 0.3) is 0 Å². The summed E-state index contributed by atoms with van der Waals surface area (Å²) in [6, 6.07) is 2.36. The second-order valence-corrected chi connectivity index (χ2v) is 3.65. The van der Waals surface area contributed by atoms with Crippen LogP contribution in [0.15, 0.2) is 18.5 Å². The summed E-state index contributed by atoms with van der Waals surface area (Å²) >= 11 is 0. The zero-order valence-corrected chi connectivity index (χ0v) is 10.0. The van der Waals surface area contributed by atoms with E-state index in [-0.39, 0.29) is 0 Å². The van der Waals surface area contributed by atoms with Crippen molar-refractivity contribution < 1.29 is 0 Å². The van der Waals surface area contributed by atoms with Gasteiger partial charge in [-0.3, -0.25) is 0 Å². The standard InChI is InChI=1S/C13H19N3/c1-3-5-6-7-13(14-9-4-2)12-8-10-15-16-11-12/h8,10-11,13-14H,4,6-7,9H2,1-2H3. The van der Waals surface area contributed by atoms with Crippen LogP contribution in [0.25, 0.3) is 0 Å². The monoisotopic (exact) mass is 217 g/mol. The normalized spacial score (nSPS) is 11.6. The molecule has 0 aromatic carbocycles. The number of nitrogens with one attached hydrogen (secondary N) is 1. The van der Waals surface area contributed by atoms with E-state index in [0.717, 1.165) is 25.8 Å². The summed E-state index contributed by atoms with van der Waals surface area (Å²) in [7, 11) is 0. The highest BCUT2D eigenvalue weighted by Crippen LogP contribution is 2.16. The summed E-state index contributed by atoms with van der Waals surface area (Å²) in [6.45, 7) is 5.07. The van der Waals surface area contributed by atoms with Crippen molar-refractivity contribution in [3.63, 3.8) is 0 Å². The molecule has 0 saturated carbocycles. The number of rotatable bonds is 6. The van der Waals surface area contributed by atoms with Crippen molar-refractivity contribution in [1.29, 1.82) is 0 Å². The summed E-state index contributed by atoms with van der Waals surface area (Å²) in [4.78, 5) is 0. The Balaban J connectivity index is 2.58. The lowest BCUT2D eigenvalue weighted by Crippen LogP contribution is -2.22. The largest absolute Gasteiger partial charge is 0.310 e. The van der Waals surface area contributed by atoms with E-state index in [2.05, 4.69) is 34.3 Å². The van der Waals surface area contributed by atoms with Crippen LogP contribution in [-0.2, 0) is 0 Å². The maximum Gasteiger partial charge on any atom is 0.0544 e. The summed E-state index contributed by atoms with van der Waals surface area (Å²) in [5.41, 5.74) is 1.20. The van der Waals surface area contributed by atoms with Gasteiger partial charge in [-0.25, -0.2) is 0 Å². The Morgan fingerprint density at radius 3 is 2.94 bits per heavy atom. The Morgan fingerprint density at radius 1 is 1.44 bits per heavy atom. The molecular weight excluding hydrogens is 198 g/mol. The average Bonchev–Trinajstić information content (AvgIpc) is 2.35. The van der Waals surface area contributed by atoms with E-state index in [1.807, 2.05) is 19.2 Å². The van der Waals surface area contributed by atoms with Gasteiger partial charge in [0, 0.05) is 18.7 Å². The molecule has 0 amide bonds. The fraction of sp³-hybridized carbons (Fsp3) is 0.538. The van der Waals surface area contributed by atoms with Crippen LogP contribution in [-0.4, -0.2) is 16.7 Å². The molecule has 16 heavy (non-hydrogen) atoms. The van der Waals surface area contributed by atoms with E-state index in [9.17, 15) is 0 Å². The minimum atomic E-state index is 0.344. The predicted molar refractivity (Wildman–Crippen MR) is 65.8 cm³/mol. The van der Waals surface area contributed by atoms with E-state index in [0.29, 0.717) is 6.04 Å². The molecule has 1 atom stereocenters. The molecule has 3 nitrogen and oxygen atoms in total. The zero-order chi connectivity index (χ0) is 11.6. The lowest BCUT2D eigenvalue weighted by Gasteiger charge is -2.17. The Morgan fingerprint density at radius 2 is 2.31 bits per heavy atom. The molecular formula is C13H19N3. The van der Waals surface area contributed by atoms with Crippen LogP contribution in [0.1, 0.15) is 44.7 Å². The predicted octanol–water partition coefficient (Wildman–Crippen LogP) is 2.32. The average molecular weight is 217 g/mol. The molecule has 0 aliphatic carbocycles. The van der Waals surface area contributed by atoms with E-state index < -0.39 is 0 Å². The van der Waals surface area contributed by atoms with Gasteiger partial charge in [0.1, 0.15) is 0 Å². The molecule has 86 valence electrons. The third-order valence-electron chi connectivity index (χ3n) is 2.39. The van der Waals surface area contributed by atoms with Crippen molar-refractivity contribution in [1.82, 2.24) is 15.5 Å². The first-order chi connectivity index (χ1) is 7.88. The zero-order valence-electron chi connectivity index (χ0n) is 10.0. The molecule has 1 aromatic heterocycles. The Hall–Kier alpha value is -1.40. The highest BCUT2D eigenvalue weighted by Gasteiger charge is 2.09. The SMILES string of the molecule is CC#CCCC(NCCC)c1ccnnc1. The van der Waals surface area contributed by atoms with Crippen molar-refractivity contribution in [2.75, 3.05) is 6.54 Å². The topological polar surface area (TPSA) is 37.8 Å². The molecule has 1 heterocycles. The third kappa shape index (κ3) is 4.41. The molecule has 0 radical (unpaired) electrons. The smallest absolute Gasteiger partial charge is 0.0544 e. The molecule has 0 aliphatic rings. The first kappa shape index (κ1) is 12.7. The molecule has 1 N–H and O–H groups in total. The number of nitrogens with zero attached hydrogens (tertiary/aromatic N) is 2. The maximum absolute atomic E-state index is 3.92. The van der Waals surface area contributed by atoms with Crippen LogP contribution in [0.4, 0.5) is 0 Å². The lowest BCUT2D eigenvalue weighted by molar-refractivity contribution is 0.503. The summed E-state index contributed by atoms with van der Waals surface area (Å²) in [5, 5.41) is 11.2. The fourth-order valence-corrected chi connectivity index (χ4v) is 1.55. The summed E-state index contributed by atoms with van der Waals surface area (Å²) in [6.07, 6.45) is 6.63. The second kappa shape index (κ2) is 7.84. The second-order valence-electron chi connectivity index (χ2n) is 3.65. The third-order valence-corrected chi connectivity index (χ3v) is 2.39. The van der Waals surface area contributed by atoms with Gasteiger partial charge >= 0.3 is 0 Å². The quantitative estimate of drug-likeness (QED) is 0.743. The number of aromatic nitrogens is 2. The van der Waals surface area contributed by atoms with Gasteiger partial charge in [-0.05, 0) is 37.9 Å². The van der Waals surface area contributed by atoms with Gasteiger partial charge in [-0.15, -0.1) is 11.8 Å². The van der Waals surface area contributed by atoms with Gasteiger partial charge in [-0.2, -0.15) is 10.2 Å². The van der Waals surface area contributed by atoms with E-state index in [1.165, 1.54) is 5.56 Å². The van der Waals surface area contributed by atoms with Crippen LogP contribution in [0.3, 0.4) is 0 Å². The van der Waals surface area contributed by atoms with Crippen LogP contribution in [0, 0.1) is 11.8 Å². The van der Waals surface area contributed by atoms with Gasteiger partial charge < -0.3 is 5.32 Å². The summed E-state index contributed by atoms with van der Waals surface area (Å²) < 4.78 is 0. The molecule has 0 saturated heterocycles. The molecule has 0 aliphatic heterocycles. The van der Waals surface area contributed by atoms with Gasteiger partial charge in [-0.1, -0.05) is 6.92 Å². The van der Waals surface area contributed by atoms with E-state index in [1.54, 1.807) is 6.20 Å². The number of hydrogen-bond donors (Lipinski definition) is 1. The van der Waals surface area contributed by atoms with Crippen molar-refractivity contribution in [2.24, 2.45) is 0 Å². The molecule has 1 aromatic rings. The van der Waals surface area contributed by atoms with Crippen molar-refractivity contribution in [3.8, 4) is 11.8 Å². The van der Waals surface area contributed by atoms with Gasteiger partial charge in [0.2, 0.25) is 0 Å². The Bertz CT molecular complexity index is 337. The fourth-order valence-electron chi connectivity index (χ4n) is 1.55. The molecule has 1 rings (SSSR count). The molecule has 0 bridgehead atoms. The van der Waals surface area contributed by atoms with Crippen LogP contribution >= 0.6 is 0 Å². The first-order valence-corrected chi connectivity index (χ1v) is 5.78. The Labute approximate surface area is 97.7 Å². The maximum atomic E-state index is 3.92. The Kier molecular flexibility index (Phi) is 6.20. The molecule has 0 fully saturated rings. The van der Waals surface area contributed by atoms with Crippen LogP contribution < -0.4 is 5.32 Å². The van der Waals surface area contributed by atoms with Gasteiger partial charge in [0.15, 0.2) is 0 Å². The van der Waals surface area contributed by atoms with Crippen LogP contribution in [0.2, 0.25) is 0 Å². The summed E-state index contributed by atoms with van der Waals surface area (Å²) in [5.74, 6) is 6.02. The molecule has 0 spiro atoms. The van der Waals surface area contributed by atoms with Crippen molar-refractivity contribution in [2.45, 2.75) is 39.2 Å². The van der Waals surface area contributed by atoms with Crippen molar-refractivity contribution in [3.05, 3.63) is 24.0 Å². The minimum Gasteiger partial charge on any atom is -0.310 e. The van der Waals surface area contributed by atoms with E-state index >= 15 is 0 Å². The van der Waals surface area contributed by atoms with Crippen LogP contribution in [0.5, 0.6) is 0 Å². The molecule has 3 heteroatoms. The van der Waals surface area contributed by atoms with E-state index in [4.69, 9.17) is 0 Å². The van der Waals surface area contributed by atoms with Gasteiger partial charge in [0.05, 0.1) is 6.20 Å². The minimum absolute atomic E-state index is 0.344. The van der Waals surface area contributed by atoms with Crippen molar-refractivity contribution >= 4 is 0 Å². The first-order valence-electron chi connectivity index (χ1n) is 5.78. The highest BCUT2D eigenvalue weighted by atomic mass is 15.1. The number of hydrogen-bond acceptors (Lipinski definition) is 3.